The van der Waals surface area contributed by atoms with E-state index in [0.717, 1.165) is 57.9 Å². The Morgan fingerprint density at radius 3 is 2.68 bits per heavy atom. The molecule has 38 heavy (non-hydrogen) atoms. The summed E-state index contributed by atoms with van der Waals surface area (Å²) in [6, 6.07) is 18.2. The first-order valence-corrected chi connectivity index (χ1v) is 13.6. The lowest BCUT2D eigenvalue weighted by Gasteiger charge is -2.38. The molecule has 3 aromatic heterocycles. The highest BCUT2D eigenvalue weighted by Crippen LogP contribution is 2.43. The molecule has 0 bridgehead atoms. The fourth-order valence-corrected chi connectivity index (χ4v) is 6.44. The molecule has 0 radical (unpaired) electrons. The maximum Gasteiger partial charge on any atom is 0.262 e. The number of nitrogens with zero attached hydrogens (tertiary/aromatic N) is 5. The summed E-state index contributed by atoms with van der Waals surface area (Å²) >= 11 is 0. The number of likely N-dealkylation sites (tertiary alicyclic amines) is 1. The summed E-state index contributed by atoms with van der Waals surface area (Å²) in [7, 11) is 0. The molecule has 1 saturated heterocycles. The Labute approximate surface area is 221 Å². The average Bonchev–Trinajstić information content (AvgIpc) is 3.50. The van der Waals surface area contributed by atoms with Gasteiger partial charge < -0.3 is 15.2 Å². The van der Waals surface area contributed by atoms with Crippen molar-refractivity contribution in [1.82, 2.24) is 24.0 Å². The molecule has 1 saturated carbocycles. The predicted molar refractivity (Wildman–Crippen MR) is 152 cm³/mol. The van der Waals surface area contributed by atoms with Gasteiger partial charge in [-0.2, -0.15) is 0 Å². The highest BCUT2D eigenvalue weighted by Gasteiger charge is 2.34. The summed E-state index contributed by atoms with van der Waals surface area (Å²) in [5.74, 6) is 2.02. The number of hydrogen-bond donors (Lipinski definition) is 1. The van der Waals surface area contributed by atoms with Crippen molar-refractivity contribution < 1.29 is 0 Å². The molecule has 0 spiro atoms. The standard InChI is InChI=1S/C31H32N6O/c1-20-9-11-35(16-20)17-21-13-25(14-21)37-18-27(28-29(32)33-19-34-30(28)37)23-8-7-22-10-12-36(31(38)26(22)15-23)24-5-3-2-4-6-24/h2-8,10,12,15,18-21,25H,9,11,13-14,16-17H2,1H3,(H2,32,33,34)/t20-,21?,25?/m0/s1. The molecule has 5 aromatic rings. The molecule has 4 heterocycles. The lowest BCUT2D eigenvalue weighted by Crippen LogP contribution is -2.36. The summed E-state index contributed by atoms with van der Waals surface area (Å²) < 4.78 is 3.99. The minimum absolute atomic E-state index is 0.0402. The van der Waals surface area contributed by atoms with E-state index in [0.29, 0.717) is 17.2 Å². The first kappa shape index (κ1) is 23.2. The van der Waals surface area contributed by atoms with Gasteiger partial charge in [-0.1, -0.05) is 37.3 Å². The van der Waals surface area contributed by atoms with Crippen LogP contribution < -0.4 is 11.3 Å². The van der Waals surface area contributed by atoms with Crippen LogP contribution in [-0.2, 0) is 0 Å². The van der Waals surface area contributed by atoms with Gasteiger partial charge in [0, 0.05) is 48.2 Å². The van der Waals surface area contributed by atoms with Crippen molar-refractivity contribution in [3.05, 3.63) is 83.7 Å². The maximum absolute atomic E-state index is 13.5. The van der Waals surface area contributed by atoms with E-state index in [1.54, 1.807) is 10.9 Å². The number of anilines is 1. The van der Waals surface area contributed by atoms with Crippen molar-refractivity contribution in [2.45, 2.75) is 32.2 Å². The highest BCUT2D eigenvalue weighted by molar-refractivity contribution is 6.02. The van der Waals surface area contributed by atoms with E-state index in [2.05, 4.69) is 38.6 Å². The molecular weight excluding hydrogens is 472 g/mol. The van der Waals surface area contributed by atoms with Gasteiger partial charge in [0.05, 0.1) is 5.39 Å². The summed E-state index contributed by atoms with van der Waals surface area (Å²) in [6.07, 6.45) is 9.19. The van der Waals surface area contributed by atoms with Gasteiger partial charge >= 0.3 is 0 Å². The number of hydrogen-bond acceptors (Lipinski definition) is 5. The third-order valence-electron chi connectivity index (χ3n) is 8.52. The van der Waals surface area contributed by atoms with E-state index in [9.17, 15) is 4.79 Å². The van der Waals surface area contributed by atoms with Crippen LogP contribution in [0.5, 0.6) is 0 Å². The first-order chi connectivity index (χ1) is 18.5. The van der Waals surface area contributed by atoms with Gasteiger partial charge in [-0.25, -0.2) is 9.97 Å². The molecule has 2 fully saturated rings. The van der Waals surface area contributed by atoms with Crippen molar-refractivity contribution in [3.63, 3.8) is 0 Å². The van der Waals surface area contributed by atoms with Gasteiger partial charge in [-0.05, 0) is 72.9 Å². The minimum Gasteiger partial charge on any atom is -0.383 e. The predicted octanol–water partition coefficient (Wildman–Crippen LogP) is 5.28. The molecule has 7 heteroatoms. The number of para-hydroxylation sites is 1. The molecule has 0 amide bonds. The number of fused-ring (bicyclic) bond motifs is 2. The zero-order chi connectivity index (χ0) is 25.8. The fourth-order valence-electron chi connectivity index (χ4n) is 6.44. The van der Waals surface area contributed by atoms with Gasteiger partial charge in [-0.15, -0.1) is 0 Å². The zero-order valence-electron chi connectivity index (χ0n) is 21.6. The van der Waals surface area contributed by atoms with Crippen LogP contribution >= 0.6 is 0 Å². The largest absolute Gasteiger partial charge is 0.383 e. The van der Waals surface area contributed by atoms with Gasteiger partial charge in [0.2, 0.25) is 0 Å². The smallest absolute Gasteiger partial charge is 0.262 e. The van der Waals surface area contributed by atoms with Crippen LogP contribution in [0.3, 0.4) is 0 Å². The van der Waals surface area contributed by atoms with Gasteiger partial charge in [-0.3, -0.25) is 9.36 Å². The Bertz CT molecular complexity index is 1700. The highest BCUT2D eigenvalue weighted by atomic mass is 16.1. The van der Waals surface area contributed by atoms with Crippen molar-refractivity contribution >= 4 is 27.6 Å². The summed E-state index contributed by atoms with van der Waals surface area (Å²) in [5.41, 5.74) is 10.0. The van der Waals surface area contributed by atoms with E-state index < -0.39 is 0 Å². The van der Waals surface area contributed by atoms with Crippen molar-refractivity contribution in [2.75, 3.05) is 25.4 Å². The molecule has 1 aliphatic carbocycles. The number of pyridine rings is 1. The number of benzene rings is 2. The first-order valence-electron chi connectivity index (χ1n) is 13.6. The molecule has 7 rings (SSSR count). The lowest BCUT2D eigenvalue weighted by atomic mass is 9.79. The van der Waals surface area contributed by atoms with Crippen LogP contribution in [0.4, 0.5) is 5.82 Å². The maximum atomic E-state index is 13.5. The molecular formula is C31H32N6O. The van der Waals surface area contributed by atoms with Gasteiger partial charge in [0.1, 0.15) is 17.8 Å². The molecule has 2 N–H and O–H groups in total. The molecule has 0 unspecified atom stereocenters. The Morgan fingerprint density at radius 1 is 1.05 bits per heavy atom. The number of nitrogen functional groups attached to an aromatic ring is 1. The quantitative estimate of drug-likeness (QED) is 0.352. The topological polar surface area (TPSA) is 82.0 Å². The Morgan fingerprint density at radius 2 is 1.89 bits per heavy atom. The second-order valence-corrected chi connectivity index (χ2v) is 11.2. The Hall–Kier alpha value is -3.97. The summed E-state index contributed by atoms with van der Waals surface area (Å²) in [5, 5.41) is 2.45. The van der Waals surface area contributed by atoms with Gasteiger partial charge in [0.25, 0.3) is 5.56 Å². The van der Waals surface area contributed by atoms with Crippen LogP contribution in [0, 0.1) is 11.8 Å². The molecule has 7 nitrogen and oxygen atoms in total. The second-order valence-electron chi connectivity index (χ2n) is 11.2. The molecule has 2 aliphatic rings. The lowest BCUT2D eigenvalue weighted by molar-refractivity contribution is 0.144. The molecule has 1 aliphatic heterocycles. The van der Waals surface area contributed by atoms with E-state index >= 15 is 0 Å². The molecule has 1 atom stereocenters. The molecule has 2 aromatic carbocycles. The van der Waals surface area contributed by atoms with E-state index in [4.69, 9.17) is 5.73 Å². The van der Waals surface area contributed by atoms with Crippen molar-refractivity contribution in [1.29, 1.82) is 0 Å². The second kappa shape index (κ2) is 9.10. The summed E-state index contributed by atoms with van der Waals surface area (Å²) in [6.45, 7) is 6.01. The van der Waals surface area contributed by atoms with E-state index in [1.165, 1.54) is 26.1 Å². The SMILES string of the molecule is C[C@H]1CCN(CC2CC(n3cc(-c4ccc5ccn(-c6ccccc6)c(=O)c5c4)c4c(N)ncnc43)C2)C1. The van der Waals surface area contributed by atoms with Crippen LogP contribution in [0.2, 0.25) is 0 Å². The minimum atomic E-state index is -0.0402. The van der Waals surface area contributed by atoms with Crippen LogP contribution in [-0.4, -0.2) is 43.6 Å². The fraction of sp³-hybridized carbons (Fsp3) is 0.323. The number of rotatable bonds is 5. The van der Waals surface area contributed by atoms with Gasteiger partial charge in [0.15, 0.2) is 0 Å². The average molecular weight is 505 g/mol. The number of aromatic nitrogens is 4. The van der Waals surface area contributed by atoms with E-state index in [1.807, 2.05) is 54.7 Å². The van der Waals surface area contributed by atoms with Crippen LogP contribution in [0.1, 0.15) is 32.2 Å². The van der Waals surface area contributed by atoms with Crippen LogP contribution in [0.25, 0.3) is 38.6 Å². The normalized spacial score (nSPS) is 21.8. The Kier molecular flexibility index (Phi) is 5.55. The van der Waals surface area contributed by atoms with E-state index in [-0.39, 0.29) is 5.56 Å². The van der Waals surface area contributed by atoms with Crippen molar-refractivity contribution in [2.24, 2.45) is 11.8 Å². The number of nitrogens with two attached hydrogens (primary N) is 1. The Balaban J connectivity index is 1.25. The van der Waals surface area contributed by atoms with Crippen LogP contribution in [0.15, 0.2) is 78.1 Å². The zero-order valence-corrected chi connectivity index (χ0v) is 21.6. The summed E-state index contributed by atoms with van der Waals surface area (Å²) in [4.78, 5) is 25.1. The third kappa shape index (κ3) is 3.89. The monoisotopic (exact) mass is 504 g/mol. The molecule has 192 valence electrons. The van der Waals surface area contributed by atoms with Crippen molar-refractivity contribution in [3.8, 4) is 16.8 Å². The third-order valence-corrected chi connectivity index (χ3v) is 8.52.